The van der Waals surface area contributed by atoms with Crippen LogP contribution in [0.4, 0.5) is 4.79 Å². The van der Waals surface area contributed by atoms with Crippen LogP contribution in [0.15, 0.2) is 59.5 Å². The van der Waals surface area contributed by atoms with E-state index in [0.29, 0.717) is 4.91 Å². The first-order valence-corrected chi connectivity index (χ1v) is 9.58. The zero-order chi connectivity index (χ0) is 19.9. The van der Waals surface area contributed by atoms with E-state index in [0.717, 1.165) is 33.5 Å². The monoisotopic (exact) mass is 396 g/mol. The van der Waals surface area contributed by atoms with Crippen molar-refractivity contribution in [2.24, 2.45) is 0 Å². The lowest BCUT2D eigenvalue weighted by atomic mass is 10.1. The molecule has 0 atom stereocenters. The number of imide groups is 1. The lowest BCUT2D eigenvalue weighted by Gasteiger charge is -2.13. The van der Waals surface area contributed by atoms with E-state index in [2.05, 4.69) is 5.32 Å². The van der Waals surface area contributed by atoms with Crippen LogP contribution in [-0.2, 0) is 16.0 Å². The van der Waals surface area contributed by atoms with Crippen molar-refractivity contribution in [3.05, 3.63) is 70.6 Å². The van der Waals surface area contributed by atoms with Crippen molar-refractivity contribution in [3.63, 3.8) is 0 Å². The van der Waals surface area contributed by atoms with Gasteiger partial charge in [-0.1, -0.05) is 42.5 Å². The number of amides is 3. The van der Waals surface area contributed by atoms with Crippen LogP contribution >= 0.6 is 11.8 Å². The van der Waals surface area contributed by atoms with Gasteiger partial charge < -0.3 is 10.1 Å². The van der Waals surface area contributed by atoms with E-state index in [9.17, 15) is 14.4 Å². The summed E-state index contributed by atoms with van der Waals surface area (Å²) >= 11 is 0.916. The number of carbonyl (C=O) groups excluding carboxylic acids is 3. The minimum Gasteiger partial charge on any atom is -0.497 e. The average Bonchev–Trinajstić information content (AvgIpc) is 2.96. The summed E-state index contributed by atoms with van der Waals surface area (Å²) in [5.41, 5.74) is 1.72. The third-order valence-corrected chi connectivity index (χ3v) is 5.06. The Hall–Kier alpha value is -3.06. The molecule has 1 fully saturated rings. The molecule has 2 aromatic rings. The van der Waals surface area contributed by atoms with Gasteiger partial charge in [0.15, 0.2) is 0 Å². The van der Waals surface area contributed by atoms with E-state index >= 15 is 0 Å². The predicted molar refractivity (Wildman–Crippen MR) is 109 cm³/mol. The second-order valence-electron chi connectivity index (χ2n) is 6.12. The van der Waals surface area contributed by atoms with E-state index in [1.807, 2.05) is 42.5 Å². The van der Waals surface area contributed by atoms with Crippen LogP contribution in [0, 0.1) is 0 Å². The summed E-state index contributed by atoms with van der Waals surface area (Å²) < 4.78 is 5.09. The van der Waals surface area contributed by atoms with Crippen molar-refractivity contribution < 1.29 is 19.1 Å². The molecule has 0 unspecified atom stereocenters. The summed E-state index contributed by atoms with van der Waals surface area (Å²) in [5.74, 6) is 0.229. The zero-order valence-corrected chi connectivity index (χ0v) is 16.2. The van der Waals surface area contributed by atoms with E-state index in [4.69, 9.17) is 4.74 Å². The number of benzene rings is 2. The maximum atomic E-state index is 12.4. The van der Waals surface area contributed by atoms with E-state index < -0.39 is 0 Å². The molecule has 28 heavy (non-hydrogen) atoms. The number of rotatable bonds is 7. The molecule has 6 nitrogen and oxygen atoms in total. The molecule has 2 aromatic carbocycles. The van der Waals surface area contributed by atoms with Gasteiger partial charge in [0.25, 0.3) is 11.1 Å². The maximum Gasteiger partial charge on any atom is 0.293 e. The Labute approximate surface area is 167 Å². The van der Waals surface area contributed by atoms with Crippen LogP contribution < -0.4 is 10.1 Å². The lowest BCUT2D eigenvalue weighted by molar-refractivity contribution is -0.124. The Kier molecular flexibility index (Phi) is 6.49. The summed E-state index contributed by atoms with van der Waals surface area (Å²) in [6.07, 6.45) is 1.92. The molecule has 0 aliphatic carbocycles. The number of nitrogens with zero attached hydrogens (tertiary/aromatic N) is 1. The minimum atomic E-state index is -0.330. The molecular formula is C21H20N2O4S. The third kappa shape index (κ3) is 5.01. The van der Waals surface area contributed by atoms with Gasteiger partial charge in [0.1, 0.15) is 5.75 Å². The number of hydrogen-bond acceptors (Lipinski definition) is 5. The normalized spacial score (nSPS) is 15.2. The van der Waals surface area contributed by atoms with Gasteiger partial charge in [0.2, 0.25) is 5.91 Å². The van der Waals surface area contributed by atoms with Crippen molar-refractivity contribution in [2.75, 3.05) is 20.2 Å². The number of methoxy groups -OCH3 is 1. The molecule has 7 heteroatoms. The predicted octanol–water partition coefficient (Wildman–Crippen LogP) is 3.09. The van der Waals surface area contributed by atoms with Gasteiger partial charge in [-0.3, -0.25) is 19.3 Å². The molecule has 3 amide bonds. The van der Waals surface area contributed by atoms with Crippen LogP contribution in [0.3, 0.4) is 0 Å². The summed E-state index contributed by atoms with van der Waals surface area (Å²) in [7, 11) is 1.58. The van der Waals surface area contributed by atoms with Crippen molar-refractivity contribution in [1.82, 2.24) is 10.2 Å². The van der Waals surface area contributed by atoms with Crippen LogP contribution in [0.1, 0.15) is 11.1 Å². The Morgan fingerprint density at radius 2 is 1.82 bits per heavy atom. The van der Waals surface area contributed by atoms with Crippen LogP contribution in [-0.4, -0.2) is 42.2 Å². The SMILES string of the molecule is COc1ccc(CC(=O)NCCN2C(=O)S/C(=C/c3ccccc3)C2=O)cc1. The first-order chi connectivity index (χ1) is 13.6. The van der Waals surface area contributed by atoms with Gasteiger partial charge in [-0.15, -0.1) is 0 Å². The van der Waals surface area contributed by atoms with E-state index in [-0.39, 0.29) is 36.6 Å². The van der Waals surface area contributed by atoms with Gasteiger partial charge in [0.05, 0.1) is 18.4 Å². The molecule has 1 N–H and O–H groups in total. The number of nitrogens with one attached hydrogen (secondary N) is 1. The second kappa shape index (κ2) is 9.23. The maximum absolute atomic E-state index is 12.4. The highest BCUT2D eigenvalue weighted by Gasteiger charge is 2.34. The Morgan fingerprint density at radius 3 is 2.50 bits per heavy atom. The molecule has 3 rings (SSSR count). The number of carbonyl (C=O) groups is 3. The molecule has 1 aliphatic heterocycles. The van der Waals surface area contributed by atoms with Gasteiger partial charge in [-0.05, 0) is 41.1 Å². The molecule has 0 saturated carbocycles. The molecular weight excluding hydrogens is 376 g/mol. The standard InChI is InChI=1S/C21H20N2O4S/c1-27-17-9-7-16(8-10-17)14-19(24)22-11-12-23-20(25)18(28-21(23)26)13-15-5-3-2-4-6-15/h2-10,13H,11-12,14H2,1H3,(H,22,24)/b18-13+. The van der Waals surface area contributed by atoms with E-state index in [1.165, 1.54) is 0 Å². The highest BCUT2D eigenvalue weighted by atomic mass is 32.2. The van der Waals surface area contributed by atoms with Gasteiger partial charge >= 0.3 is 0 Å². The van der Waals surface area contributed by atoms with Crippen molar-refractivity contribution in [3.8, 4) is 5.75 Å². The molecule has 144 valence electrons. The number of thioether (sulfide) groups is 1. The molecule has 1 heterocycles. The summed E-state index contributed by atoms with van der Waals surface area (Å²) in [4.78, 5) is 38.2. The smallest absolute Gasteiger partial charge is 0.293 e. The molecule has 0 bridgehead atoms. The van der Waals surface area contributed by atoms with Crippen LogP contribution in [0.2, 0.25) is 0 Å². The highest BCUT2D eigenvalue weighted by molar-refractivity contribution is 8.18. The average molecular weight is 396 g/mol. The van der Waals surface area contributed by atoms with Crippen LogP contribution in [0.5, 0.6) is 5.75 Å². The third-order valence-electron chi connectivity index (χ3n) is 4.15. The molecule has 1 saturated heterocycles. The lowest BCUT2D eigenvalue weighted by Crippen LogP contribution is -2.37. The summed E-state index contributed by atoms with van der Waals surface area (Å²) in [6.45, 7) is 0.358. The molecule has 0 radical (unpaired) electrons. The quantitative estimate of drug-likeness (QED) is 0.728. The topological polar surface area (TPSA) is 75.7 Å². The fraction of sp³-hybridized carbons (Fsp3) is 0.190. The first kappa shape index (κ1) is 19.7. The summed E-state index contributed by atoms with van der Waals surface area (Å²) in [6, 6.07) is 16.6. The molecule has 0 spiro atoms. The Morgan fingerprint density at radius 1 is 1.11 bits per heavy atom. The molecule has 1 aliphatic rings. The zero-order valence-electron chi connectivity index (χ0n) is 15.4. The van der Waals surface area contributed by atoms with Crippen LogP contribution in [0.25, 0.3) is 6.08 Å². The van der Waals surface area contributed by atoms with Crippen molar-refractivity contribution in [2.45, 2.75) is 6.42 Å². The summed E-state index contributed by atoms with van der Waals surface area (Å²) in [5, 5.41) is 2.42. The first-order valence-electron chi connectivity index (χ1n) is 8.77. The van der Waals surface area contributed by atoms with Crippen molar-refractivity contribution >= 4 is 34.9 Å². The highest BCUT2D eigenvalue weighted by Crippen LogP contribution is 2.31. The fourth-order valence-electron chi connectivity index (χ4n) is 2.69. The number of hydrogen-bond donors (Lipinski definition) is 1. The van der Waals surface area contributed by atoms with Gasteiger partial charge in [0, 0.05) is 13.1 Å². The van der Waals surface area contributed by atoms with Gasteiger partial charge in [-0.2, -0.15) is 0 Å². The van der Waals surface area contributed by atoms with Gasteiger partial charge in [-0.25, -0.2) is 0 Å². The van der Waals surface area contributed by atoms with Crippen molar-refractivity contribution in [1.29, 1.82) is 0 Å². The minimum absolute atomic E-state index is 0.144. The fourth-order valence-corrected chi connectivity index (χ4v) is 3.56. The molecule has 0 aromatic heterocycles. The van der Waals surface area contributed by atoms with E-state index in [1.54, 1.807) is 25.3 Å². The second-order valence-corrected chi connectivity index (χ2v) is 7.11. The Balaban J connectivity index is 1.50. The largest absolute Gasteiger partial charge is 0.497 e. The Bertz CT molecular complexity index is 894. The number of ether oxygens (including phenoxy) is 1.